The fourth-order valence-electron chi connectivity index (χ4n) is 3.84. The number of amides is 1. The molecule has 0 unspecified atom stereocenters. The summed E-state index contributed by atoms with van der Waals surface area (Å²) in [5.41, 5.74) is 8.61. The molecule has 0 radical (unpaired) electrons. The van der Waals surface area contributed by atoms with Crippen LogP contribution >= 0.6 is 0 Å². The number of aromatic nitrogens is 1. The van der Waals surface area contributed by atoms with E-state index in [-0.39, 0.29) is 30.2 Å². The third-order valence-electron chi connectivity index (χ3n) is 5.75. The van der Waals surface area contributed by atoms with E-state index in [2.05, 4.69) is 29.5 Å². The van der Waals surface area contributed by atoms with Crippen LogP contribution in [-0.2, 0) is 24.2 Å². The summed E-state index contributed by atoms with van der Waals surface area (Å²) >= 11 is 0. The lowest BCUT2D eigenvalue weighted by Crippen LogP contribution is -2.43. The molecule has 3 aromatic rings. The maximum Gasteiger partial charge on any atom is 0.224 e. The zero-order chi connectivity index (χ0) is 25.4. The van der Waals surface area contributed by atoms with Crippen molar-refractivity contribution in [1.29, 1.82) is 0 Å². The van der Waals surface area contributed by atoms with Crippen molar-refractivity contribution >= 4 is 11.7 Å². The van der Waals surface area contributed by atoms with Gasteiger partial charge < -0.3 is 31.3 Å². The number of methoxy groups -OCH3 is 1. The Morgan fingerprint density at radius 2 is 1.89 bits per heavy atom. The number of aromatic hydroxyl groups is 1. The Morgan fingerprint density at radius 3 is 2.60 bits per heavy atom. The third-order valence-corrected chi connectivity index (χ3v) is 5.75. The van der Waals surface area contributed by atoms with Crippen LogP contribution in [0.1, 0.15) is 42.2 Å². The number of ether oxygens (including phenoxy) is 1. The van der Waals surface area contributed by atoms with Gasteiger partial charge >= 0.3 is 0 Å². The number of nitrogens with two attached hydrogens (primary N) is 1. The number of hydrogen-bond acceptors (Lipinski definition) is 7. The molecule has 0 aliphatic rings. The fraction of sp³-hybridized carbons (Fsp3) is 0.333. The number of β-amino-alcohol motifs (C(OH)–C–C–N with tert-alkyl or cyclic N) is 1. The lowest BCUT2D eigenvalue weighted by molar-refractivity contribution is -0.120. The second-order valence-corrected chi connectivity index (χ2v) is 9.22. The van der Waals surface area contributed by atoms with Crippen molar-refractivity contribution in [3.8, 4) is 11.5 Å². The summed E-state index contributed by atoms with van der Waals surface area (Å²) in [5, 5.41) is 26.9. The molecular formula is C27H34N4O4. The van der Waals surface area contributed by atoms with Gasteiger partial charge in [0, 0.05) is 36.0 Å². The van der Waals surface area contributed by atoms with Crippen molar-refractivity contribution < 1.29 is 19.7 Å². The standard InChI is InChI=1S/C27H34N4O4/c1-27(2,31-17-22(32)20-10-11-24(28)29-15-20)14-19-7-4-6-18(12-19)13-25(33)30-16-21-8-5-9-23(35-3)26(21)34/h4-12,15,22,31-32,34H,13-14,16-17H2,1-3H3,(H2,28,29)(H,30,33)/t22-/m0/s1. The fourth-order valence-corrected chi connectivity index (χ4v) is 3.84. The lowest BCUT2D eigenvalue weighted by atomic mass is 9.93. The molecule has 1 aromatic heterocycles. The van der Waals surface area contributed by atoms with Crippen molar-refractivity contribution in [2.45, 2.75) is 44.9 Å². The zero-order valence-corrected chi connectivity index (χ0v) is 20.4. The predicted molar refractivity (Wildman–Crippen MR) is 136 cm³/mol. The van der Waals surface area contributed by atoms with Gasteiger partial charge in [0.25, 0.3) is 0 Å². The van der Waals surface area contributed by atoms with E-state index in [1.807, 2.05) is 24.3 Å². The van der Waals surface area contributed by atoms with E-state index >= 15 is 0 Å². The number of aliphatic hydroxyl groups excluding tert-OH is 1. The monoisotopic (exact) mass is 478 g/mol. The number of pyridine rings is 1. The van der Waals surface area contributed by atoms with Gasteiger partial charge in [-0.1, -0.05) is 42.5 Å². The predicted octanol–water partition coefficient (Wildman–Crippen LogP) is 2.88. The Kier molecular flexibility index (Phi) is 8.68. The highest BCUT2D eigenvalue weighted by Crippen LogP contribution is 2.29. The Bertz CT molecular complexity index is 1130. The number of nitrogens with zero attached hydrogens (tertiary/aromatic N) is 1. The molecule has 1 heterocycles. The molecule has 0 aliphatic heterocycles. The summed E-state index contributed by atoms with van der Waals surface area (Å²) in [5.74, 6) is 0.686. The number of phenols is 1. The van der Waals surface area contributed by atoms with Crippen LogP contribution in [0.4, 0.5) is 5.82 Å². The number of nitrogen functional groups attached to an aromatic ring is 1. The number of benzene rings is 2. The quantitative estimate of drug-likeness (QED) is 0.286. The number of para-hydroxylation sites is 1. The molecule has 0 spiro atoms. The highest BCUT2D eigenvalue weighted by atomic mass is 16.5. The molecule has 0 saturated carbocycles. The Morgan fingerprint density at radius 1 is 1.14 bits per heavy atom. The minimum absolute atomic E-state index is 0.0322. The summed E-state index contributed by atoms with van der Waals surface area (Å²) in [4.78, 5) is 16.5. The van der Waals surface area contributed by atoms with Crippen LogP contribution in [-0.4, -0.2) is 40.3 Å². The molecule has 0 bridgehead atoms. The summed E-state index contributed by atoms with van der Waals surface area (Å²) in [6.45, 7) is 4.73. The first-order valence-electron chi connectivity index (χ1n) is 11.5. The molecule has 0 fully saturated rings. The number of anilines is 1. The van der Waals surface area contributed by atoms with Gasteiger partial charge in [0.2, 0.25) is 5.91 Å². The molecule has 6 N–H and O–H groups in total. The number of carbonyl (C=O) groups is 1. The molecule has 3 rings (SSSR count). The minimum Gasteiger partial charge on any atom is -0.504 e. The molecule has 186 valence electrons. The molecule has 8 nitrogen and oxygen atoms in total. The van der Waals surface area contributed by atoms with Gasteiger partial charge in [-0.2, -0.15) is 0 Å². The van der Waals surface area contributed by atoms with E-state index in [1.54, 1.807) is 36.5 Å². The molecule has 8 heteroatoms. The van der Waals surface area contributed by atoms with Gasteiger partial charge in [0.15, 0.2) is 11.5 Å². The number of nitrogens with one attached hydrogen (secondary N) is 2. The van der Waals surface area contributed by atoms with Gasteiger partial charge in [-0.05, 0) is 43.5 Å². The van der Waals surface area contributed by atoms with E-state index in [1.165, 1.54) is 7.11 Å². The number of rotatable bonds is 11. The second-order valence-electron chi connectivity index (χ2n) is 9.22. The van der Waals surface area contributed by atoms with Crippen LogP contribution in [0.15, 0.2) is 60.8 Å². The highest BCUT2D eigenvalue weighted by Gasteiger charge is 2.20. The SMILES string of the molecule is COc1cccc(CNC(=O)Cc2cccc(CC(C)(C)NC[C@H](O)c3ccc(N)nc3)c2)c1O. The first-order valence-corrected chi connectivity index (χ1v) is 11.5. The summed E-state index contributed by atoms with van der Waals surface area (Å²) in [6, 6.07) is 16.5. The smallest absolute Gasteiger partial charge is 0.224 e. The molecule has 1 atom stereocenters. The third kappa shape index (κ3) is 7.70. The highest BCUT2D eigenvalue weighted by molar-refractivity contribution is 5.78. The average molecular weight is 479 g/mol. The first-order chi connectivity index (χ1) is 16.7. The maximum absolute atomic E-state index is 12.5. The van der Waals surface area contributed by atoms with Crippen molar-refractivity contribution in [3.05, 3.63) is 83.0 Å². The molecule has 2 aromatic carbocycles. The van der Waals surface area contributed by atoms with Gasteiger partial charge in [-0.25, -0.2) is 4.98 Å². The number of hydrogen-bond donors (Lipinski definition) is 5. The molecule has 0 aliphatic carbocycles. The molecule has 35 heavy (non-hydrogen) atoms. The van der Waals surface area contributed by atoms with Gasteiger partial charge in [0.05, 0.1) is 19.6 Å². The summed E-state index contributed by atoms with van der Waals surface area (Å²) in [7, 11) is 1.49. The van der Waals surface area contributed by atoms with Crippen LogP contribution in [0.3, 0.4) is 0 Å². The topological polar surface area (TPSA) is 130 Å². The molecule has 1 amide bonds. The maximum atomic E-state index is 12.5. The minimum atomic E-state index is -0.693. The Hall–Kier alpha value is -3.62. The van der Waals surface area contributed by atoms with Crippen molar-refractivity contribution in [2.24, 2.45) is 0 Å². The van der Waals surface area contributed by atoms with Crippen molar-refractivity contribution in [2.75, 3.05) is 19.4 Å². The van der Waals surface area contributed by atoms with Crippen LogP contribution in [0.5, 0.6) is 11.5 Å². The lowest BCUT2D eigenvalue weighted by Gasteiger charge is -2.28. The average Bonchev–Trinajstić information content (AvgIpc) is 2.82. The first kappa shape index (κ1) is 26.0. The van der Waals surface area contributed by atoms with E-state index in [4.69, 9.17) is 10.5 Å². The van der Waals surface area contributed by atoms with Crippen LogP contribution < -0.4 is 21.1 Å². The zero-order valence-electron chi connectivity index (χ0n) is 20.4. The van der Waals surface area contributed by atoms with Gasteiger partial charge in [0.1, 0.15) is 5.82 Å². The van der Waals surface area contributed by atoms with Crippen molar-refractivity contribution in [1.82, 2.24) is 15.6 Å². The second kappa shape index (κ2) is 11.7. The van der Waals surface area contributed by atoms with Crippen LogP contribution in [0, 0.1) is 0 Å². The van der Waals surface area contributed by atoms with Gasteiger partial charge in [-0.15, -0.1) is 0 Å². The van der Waals surface area contributed by atoms with Gasteiger partial charge in [-0.3, -0.25) is 4.79 Å². The number of carbonyl (C=O) groups excluding carboxylic acids is 1. The number of aliphatic hydroxyl groups is 1. The van der Waals surface area contributed by atoms with Crippen molar-refractivity contribution in [3.63, 3.8) is 0 Å². The summed E-state index contributed by atoms with van der Waals surface area (Å²) < 4.78 is 5.11. The summed E-state index contributed by atoms with van der Waals surface area (Å²) in [6.07, 6.45) is 1.84. The van der Waals surface area contributed by atoms with E-state index in [0.29, 0.717) is 35.7 Å². The molecular weight excluding hydrogens is 444 g/mol. The number of phenolic OH excluding ortho intramolecular Hbond substituents is 1. The van der Waals surface area contributed by atoms with E-state index in [0.717, 1.165) is 11.1 Å². The molecule has 0 saturated heterocycles. The van der Waals surface area contributed by atoms with Crippen LogP contribution in [0.25, 0.3) is 0 Å². The van der Waals surface area contributed by atoms with Crippen LogP contribution in [0.2, 0.25) is 0 Å². The van der Waals surface area contributed by atoms with E-state index < -0.39 is 6.10 Å². The Balaban J connectivity index is 1.53. The Labute approximate surface area is 206 Å². The largest absolute Gasteiger partial charge is 0.504 e. The van der Waals surface area contributed by atoms with E-state index in [9.17, 15) is 15.0 Å². The normalized spacial score (nSPS) is 12.2.